The lowest BCUT2D eigenvalue weighted by Gasteiger charge is -2.52. The quantitative estimate of drug-likeness (QED) is 0.426. The minimum absolute atomic E-state index is 0.0880. The molecule has 2 saturated carbocycles. The Hall–Kier alpha value is -2.56. The van der Waals surface area contributed by atoms with Crippen molar-refractivity contribution >= 4 is 17.1 Å². The Morgan fingerprint density at radius 1 is 1.15 bits per heavy atom. The van der Waals surface area contributed by atoms with E-state index < -0.39 is 28.8 Å². The number of halogens is 1. The van der Waals surface area contributed by atoms with Gasteiger partial charge in [-0.25, -0.2) is 14.2 Å². The second kappa shape index (κ2) is 10.6. The average Bonchev–Trinajstić information content (AvgIpc) is 3.41. The van der Waals surface area contributed by atoms with Crippen LogP contribution in [0.25, 0.3) is 11.0 Å². The van der Waals surface area contributed by atoms with E-state index in [4.69, 9.17) is 23.7 Å². The maximum absolute atomic E-state index is 15.3. The highest BCUT2D eigenvalue weighted by atomic mass is 19.1. The maximum Gasteiger partial charge on any atom is 0.410 e. The van der Waals surface area contributed by atoms with Crippen LogP contribution in [0.5, 0.6) is 5.88 Å². The highest BCUT2D eigenvalue weighted by Gasteiger charge is 2.49. The standard InChI is InChI=1S/C31H42FN3O6/c1-29(2,3)41-28(36)35(31-11-8-20(9-12-31)38-18-31)13-10-21-22(32)16-33-23-6-7-26(34-27(21)23)37-17-19-14-24-25(15-19)40-30(4,5)39-24/h6-7,16,19-20,24-25H,8-15,17-18H2,1-5H3/t19?,20?,24-,25+,31?. The van der Waals surface area contributed by atoms with Crippen LogP contribution in [0.15, 0.2) is 18.3 Å². The second-order valence-corrected chi connectivity index (χ2v) is 13.6. The molecule has 9 nitrogen and oxygen atoms in total. The molecule has 5 aliphatic rings. The van der Waals surface area contributed by atoms with Gasteiger partial charge in [-0.15, -0.1) is 0 Å². The number of carbonyl (C=O) groups excluding carboxylic acids is 1. The molecule has 0 radical (unpaired) electrons. The summed E-state index contributed by atoms with van der Waals surface area (Å²) >= 11 is 0. The molecule has 224 valence electrons. The van der Waals surface area contributed by atoms with E-state index in [9.17, 15) is 4.79 Å². The largest absolute Gasteiger partial charge is 0.477 e. The number of ether oxygens (including phenoxy) is 5. The third-order valence-corrected chi connectivity index (χ3v) is 8.85. The zero-order valence-electron chi connectivity index (χ0n) is 24.8. The van der Waals surface area contributed by atoms with Crippen LogP contribution in [0.3, 0.4) is 0 Å². The summed E-state index contributed by atoms with van der Waals surface area (Å²) in [6.07, 6.45) is 6.80. The lowest BCUT2D eigenvalue weighted by Crippen LogP contribution is -2.61. The number of pyridine rings is 2. The zero-order valence-corrected chi connectivity index (χ0v) is 24.8. The van der Waals surface area contributed by atoms with Gasteiger partial charge in [0.05, 0.1) is 54.3 Å². The molecule has 3 saturated heterocycles. The van der Waals surface area contributed by atoms with Crippen LogP contribution in [0.2, 0.25) is 0 Å². The maximum atomic E-state index is 15.3. The van der Waals surface area contributed by atoms with Crippen molar-refractivity contribution in [3.63, 3.8) is 0 Å². The molecular formula is C31H42FN3O6. The van der Waals surface area contributed by atoms with Gasteiger partial charge in [-0.05, 0) is 91.5 Å². The van der Waals surface area contributed by atoms with Crippen molar-refractivity contribution in [1.82, 2.24) is 14.9 Å². The summed E-state index contributed by atoms with van der Waals surface area (Å²) in [5.74, 6) is -0.269. The predicted octanol–water partition coefficient (Wildman–Crippen LogP) is 5.57. The molecule has 3 atom stereocenters. The van der Waals surface area contributed by atoms with Crippen molar-refractivity contribution in [2.45, 2.75) is 115 Å². The molecule has 2 aliphatic carbocycles. The first kappa shape index (κ1) is 28.6. The molecule has 2 aromatic heterocycles. The van der Waals surface area contributed by atoms with Crippen molar-refractivity contribution in [3.8, 4) is 5.88 Å². The molecule has 5 fully saturated rings. The van der Waals surface area contributed by atoms with E-state index in [1.807, 2.05) is 34.6 Å². The second-order valence-electron chi connectivity index (χ2n) is 13.6. The van der Waals surface area contributed by atoms with Crippen LogP contribution in [0.4, 0.5) is 9.18 Å². The summed E-state index contributed by atoms with van der Waals surface area (Å²) < 4.78 is 45.2. The van der Waals surface area contributed by atoms with E-state index in [0.717, 1.165) is 38.5 Å². The predicted molar refractivity (Wildman–Crippen MR) is 149 cm³/mol. The number of fused-ring (bicyclic) bond motifs is 5. The molecule has 3 aliphatic heterocycles. The highest BCUT2D eigenvalue weighted by Crippen LogP contribution is 2.42. The van der Waals surface area contributed by atoms with Crippen molar-refractivity contribution in [3.05, 3.63) is 29.7 Å². The summed E-state index contributed by atoms with van der Waals surface area (Å²) in [5, 5.41) is 0. The first-order valence-corrected chi connectivity index (χ1v) is 14.9. The van der Waals surface area contributed by atoms with Crippen molar-refractivity contribution in [1.29, 1.82) is 0 Å². The summed E-state index contributed by atoms with van der Waals surface area (Å²) in [7, 11) is 0. The van der Waals surface area contributed by atoms with E-state index in [0.29, 0.717) is 35.7 Å². The number of nitrogens with zero attached hydrogens (tertiary/aromatic N) is 3. The molecule has 1 unspecified atom stereocenters. The monoisotopic (exact) mass is 571 g/mol. The first-order valence-electron chi connectivity index (χ1n) is 14.9. The fraction of sp³-hybridized carbons (Fsp3) is 0.710. The number of hydrogen-bond donors (Lipinski definition) is 0. The highest BCUT2D eigenvalue weighted by molar-refractivity contribution is 5.78. The van der Waals surface area contributed by atoms with E-state index >= 15 is 4.39 Å². The van der Waals surface area contributed by atoms with Gasteiger partial charge in [-0.2, -0.15) is 0 Å². The van der Waals surface area contributed by atoms with Gasteiger partial charge in [-0.3, -0.25) is 9.88 Å². The fourth-order valence-corrected chi connectivity index (χ4v) is 6.92. The summed E-state index contributed by atoms with van der Waals surface area (Å²) in [4.78, 5) is 24.2. The van der Waals surface area contributed by atoms with E-state index in [1.54, 1.807) is 17.0 Å². The van der Waals surface area contributed by atoms with Gasteiger partial charge in [0.2, 0.25) is 5.88 Å². The molecule has 0 N–H and O–H groups in total. The number of amides is 1. The third kappa shape index (κ3) is 6.01. The average molecular weight is 572 g/mol. The Balaban J connectivity index is 1.18. The lowest BCUT2D eigenvalue weighted by atomic mass is 9.77. The normalized spacial score (nSPS) is 30.4. The Morgan fingerprint density at radius 3 is 2.49 bits per heavy atom. The topological polar surface area (TPSA) is 92.2 Å². The fourth-order valence-electron chi connectivity index (χ4n) is 6.92. The molecule has 2 aromatic rings. The van der Waals surface area contributed by atoms with E-state index in [1.165, 1.54) is 6.20 Å². The van der Waals surface area contributed by atoms with Gasteiger partial charge in [0.15, 0.2) is 5.79 Å². The van der Waals surface area contributed by atoms with Crippen molar-refractivity contribution in [2.75, 3.05) is 19.8 Å². The zero-order chi connectivity index (χ0) is 29.0. The molecule has 5 heterocycles. The molecule has 0 spiro atoms. The Morgan fingerprint density at radius 2 is 1.85 bits per heavy atom. The van der Waals surface area contributed by atoms with Gasteiger partial charge in [0, 0.05) is 18.2 Å². The van der Waals surface area contributed by atoms with Gasteiger partial charge < -0.3 is 23.7 Å². The van der Waals surface area contributed by atoms with Crippen LogP contribution in [0, 0.1) is 11.7 Å². The van der Waals surface area contributed by atoms with Crippen LogP contribution < -0.4 is 4.74 Å². The van der Waals surface area contributed by atoms with Crippen LogP contribution in [-0.4, -0.2) is 76.0 Å². The van der Waals surface area contributed by atoms with Crippen LogP contribution >= 0.6 is 0 Å². The lowest BCUT2D eigenvalue weighted by molar-refractivity contribution is -0.154. The summed E-state index contributed by atoms with van der Waals surface area (Å²) in [6.45, 7) is 10.7. The van der Waals surface area contributed by atoms with Gasteiger partial charge in [0.1, 0.15) is 11.4 Å². The Kier molecular flexibility index (Phi) is 7.39. The van der Waals surface area contributed by atoms with Crippen molar-refractivity contribution < 1.29 is 32.9 Å². The summed E-state index contributed by atoms with van der Waals surface area (Å²) in [6, 6.07) is 3.58. The van der Waals surface area contributed by atoms with Gasteiger partial charge >= 0.3 is 6.09 Å². The molecular weight excluding hydrogens is 529 g/mol. The number of aromatic nitrogens is 2. The van der Waals surface area contributed by atoms with E-state index in [2.05, 4.69) is 9.97 Å². The molecule has 1 amide bonds. The van der Waals surface area contributed by atoms with E-state index in [-0.39, 0.29) is 37.2 Å². The summed E-state index contributed by atoms with van der Waals surface area (Å²) in [5.41, 5.74) is 0.352. The Bertz CT molecular complexity index is 1260. The third-order valence-electron chi connectivity index (χ3n) is 8.85. The molecule has 2 bridgehead atoms. The minimum Gasteiger partial charge on any atom is -0.477 e. The minimum atomic E-state index is -0.645. The number of rotatable bonds is 7. The Labute approximate surface area is 241 Å². The smallest absolute Gasteiger partial charge is 0.410 e. The molecule has 0 aromatic carbocycles. The first-order chi connectivity index (χ1) is 19.4. The SMILES string of the molecule is CC(C)(C)OC(=O)N(CCc1c(F)cnc2ccc(OCC3C[C@@H]4OC(C)(C)O[C@@H]4C3)nc12)C12CCC(CC1)OC2. The molecule has 41 heavy (non-hydrogen) atoms. The number of carbonyl (C=O) groups is 1. The van der Waals surface area contributed by atoms with Gasteiger partial charge in [0.25, 0.3) is 0 Å². The van der Waals surface area contributed by atoms with Gasteiger partial charge in [-0.1, -0.05) is 0 Å². The molecule has 7 rings (SSSR count). The molecule has 10 heteroatoms. The van der Waals surface area contributed by atoms with Crippen LogP contribution in [-0.2, 0) is 25.4 Å². The van der Waals surface area contributed by atoms with Crippen LogP contribution in [0.1, 0.15) is 78.7 Å². The van der Waals surface area contributed by atoms with Crippen molar-refractivity contribution in [2.24, 2.45) is 5.92 Å². The number of hydrogen-bond acceptors (Lipinski definition) is 8.